The Morgan fingerprint density at radius 2 is 2.24 bits per heavy atom. The van der Waals surface area contributed by atoms with Crippen LogP contribution in [0.25, 0.3) is 11.5 Å². The fraction of sp³-hybridized carbons (Fsp3) is 0.273. The van der Waals surface area contributed by atoms with Crippen molar-refractivity contribution in [3.63, 3.8) is 0 Å². The van der Waals surface area contributed by atoms with Gasteiger partial charge in [-0.15, -0.1) is 0 Å². The molecule has 1 atom stereocenters. The van der Waals surface area contributed by atoms with Crippen LogP contribution in [0.3, 0.4) is 0 Å². The Bertz CT molecular complexity index is 525. The summed E-state index contributed by atoms with van der Waals surface area (Å²) in [5.74, 6) is 1.29. The van der Waals surface area contributed by atoms with E-state index in [0.29, 0.717) is 11.6 Å². The lowest BCUT2D eigenvalue weighted by atomic mass is 10.2. The second kappa shape index (κ2) is 4.85. The average molecular weight is 299 g/mol. The maximum Gasteiger partial charge on any atom is 0.259 e. The Kier molecular flexibility index (Phi) is 3.44. The summed E-state index contributed by atoms with van der Waals surface area (Å²) >= 11 is 3.40. The molecule has 0 aliphatic rings. The van der Waals surface area contributed by atoms with Crippen LogP contribution in [0.5, 0.6) is 5.75 Å². The lowest BCUT2D eigenvalue weighted by molar-refractivity contribution is 0.184. The minimum absolute atomic E-state index is 0.259. The van der Waals surface area contributed by atoms with E-state index < -0.39 is 6.10 Å². The first-order valence-electron chi connectivity index (χ1n) is 4.97. The minimum atomic E-state index is -0.753. The summed E-state index contributed by atoms with van der Waals surface area (Å²) in [4.78, 5) is 4.10. The summed E-state index contributed by atoms with van der Waals surface area (Å²) in [7, 11) is 1.59. The monoisotopic (exact) mass is 298 g/mol. The average Bonchev–Trinajstić information content (AvgIpc) is 2.79. The summed E-state index contributed by atoms with van der Waals surface area (Å²) in [5, 5.41) is 13.0. The SMILES string of the molecule is COc1ccc(Br)c(-c2nc(C(C)O)no2)c1. The molecule has 6 heteroatoms. The molecular weight excluding hydrogens is 288 g/mol. The highest BCUT2D eigenvalue weighted by Gasteiger charge is 2.15. The molecule has 0 aliphatic heterocycles. The first kappa shape index (κ1) is 12.1. The van der Waals surface area contributed by atoms with Crippen LogP contribution < -0.4 is 4.74 Å². The van der Waals surface area contributed by atoms with Gasteiger partial charge in [0.25, 0.3) is 5.89 Å². The van der Waals surface area contributed by atoms with Gasteiger partial charge in [0.1, 0.15) is 11.9 Å². The third-order valence-electron chi connectivity index (χ3n) is 2.22. The molecule has 0 bridgehead atoms. The second-order valence-corrected chi connectivity index (χ2v) is 4.33. The summed E-state index contributed by atoms with van der Waals surface area (Å²) in [6.45, 7) is 1.58. The molecule has 2 aromatic rings. The molecule has 1 aromatic heterocycles. The number of nitrogens with zero attached hydrogens (tertiary/aromatic N) is 2. The lowest BCUT2D eigenvalue weighted by Crippen LogP contribution is -1.93. The van der Waals surface area contributed by atoms with Gasteiger partial charge in [0.15, 0.2) is 5.82 Å². The second-order valence-electron chi connectivity index (χ2n) is 3.48. The van der Waals surface area contributed by atoms with E-state index in [9.17, 15) is 5.11 Å². The van der Waals surface area contributed by atoms with E-state index in [1.165, 1.54) is 0 Å². The van der Waals surface area contributed by atoms with Crippen LogP contribution in [0.2, 0.25) is 0 Å². The molecule has 0 radical (unpaired) electrons. The molecule has 0 amide bonds. The van der Waals surface area contributed by atoms with Gasteiger partial charge in [-0.05, 0) is 41.1 Å². The topological polar surface area (TPSA) is 68.4 Å². The van der Waals surface area contributed by atoms with Gasteiger partial charge in [0, 0.05) is 4.47 Å². The molecule has 0 spiro atoms. The number of aliphatic hydroxyl groups excluding tert-OH is 1. The van der Waals surface area contributed by atoms with Crippen LogP contribution in [-0.4, -0.2) is 22.4 Å². The van der Waals surface area contributed by atoms with Crippen LogP contribution >= 0.6 is 15.9 Å². The predicted molar refractivity (Wildman–Crippen MR) is 64.6 cm³/mol. The van der Waals surface area contributed by atoms with Gasteiger partial charge < -0.3 is 14.4 Å². The molecule has 0 saturated carbocycles. The molecule has 1 N–H and O–H groups in total. The number of aromatic nitrogens is 2. The highest BCUT2D eigenvalue weighted by atomic mass is 79.9. The van der Waals surface area contributed by atoms with Crippen LogP contribution in [-0.2, 0) is 0 Å². The van der Waals surface area contributed by atoms with Crippen molar-refractivity contribution in [3.8, 4) is 17.2 Å². The molecule has 5 nitrogen and oxygen atoms in total. The quantitative estimate of drug-likeness (QED) is 0.943. The number of hydrogen-bond donors (Lipinski definition) is 1. The maximum absolute atomic E-state index is 9.33. The summed E-state index contributed by atoms with van der Waals surface area (Å²) in [6.07, 6.45) is -0.753. The summed E-state index contributed by atoms with van der Waals surface area (Å²) < 4.78 is 11.0. The number of methoxy groups -OCH3 is 1. The van der Waals surface area contributed by atoms with E-state index in [1.807, 2.05) is 12.1 Å². The highest BCUT2D eigenvalue weighted by Crippen LogP contribution is 2.31. The number of rotatable bonds is 3. The van der Waals surface area contributed by atoms with E-state index in [2.05, 4.69) is 26.1 Å². The zero-order valence-electron chi connectivity index (χ0n) is 9.35. The van der Waals surface area contributed by atoms with Gasteiger partial charge in [-0.1, -0.05) is 5.16 Å². The Balaban J connectivity index is 2.44. The lowest BCUT2D eigenvalue weighted by Gasteiger charge is -2.03. The predicted octanol–water partition coefficient (Wildman–Crippen LogP) is 2.56. The molecule has 0 fully saturated rings. The van der Waals surface area contributed by atoms with Crippen molar-refractivity contribution in [2.24, 2.45) is 0 Å². The van der Waals surface area contributed by atoms with Crippen molar-refractivity contribution in [1.29, 1.82) is 0 Å². The Hall–Kier alpha value is -1.40. The van der Waals surface area contributed by atoms with Gasteiger partial charge >= 0.3 is 0 Å². The molecule has 17 heavy (non-hydrogen) atoms. The Morgan fingerprint density at radius 1 is 1.47 bits per heavy atom. The minimum Gasteiger partial charge on any atom is -0.497 e. The largest absolute Gasteiger partial charge is 0.497 e. The van der Waals surface area contributed by atoms with Crippen molar-refractivity contribution < 1.29 is 14.4 Å². The molecule has 1 aromatic carbocycles. The summed E-state index contributed by atoms with van der Waals surface area (Å²) in [5.41, 5.74) is 0.726. The van der Waals surface area contributed by atoms with Crippen molar-refractivity contribution in [2.75, 3.05) is 7.11 Å². The zero-order valence-corrected chi connectivity index (χ0v) is 10.9. The van der Waals surface area contributed by atoms with E-state index in [-0.39, 0.29) is 5.82 Å². The molecule has 90 valence electrons. The van der Waals surface area contributed by atoms with Gasteiger partial charge in [0.2, 0.25) is 0 Å². The molecule has 0 aliphatic carbocycles. The normalized spacial score (nSPS) is 12.5. The van der Waals surface area contributed by atoms with E-state index >= 15 is 0 Å². The van der Waals surface area contributed by atoms with Crippen molar-refractivity contribution >= 4 is 15.9 Å². The van der Waals surface area contributed by atoms with Gasteiger partial charge in [-0.25, -0.2) is 0 Å². The number of aliphatic hydroxyl groups is 1. The molecule has 1 unspecified atom stereocenters. The zero-order chi connectivity index (χ0) is 12.4. The molecule has 1 heterocycles. The van der Waals surface area contributed by atoms with Gasteiger partial charge in [-0.3, -0.25) is 0 Å². The molecular formula is C11H11BrN2O3. The third-order valence-corrected chi connectivity index (χ3v) is 2.91. The maximum atomic E-state index is 9.33. The standard InChI is InChI=1S/C11H11BrN2O3/c1-6(15)10-13-11(17-14-10)8-5-7(16-2)3-4-9(8)12/h3-6,15H,1-2H3. The fourth-order valence-electron chi connectivity index (χ4n) is 1.31. The number of benzene rings is 1. The van der Waals surface area contributed by atoms with E-state index in [0.717, 1.165) is 10.0 Å². The Morgan fingerprint density at radius 3 is 2.82 bits per heavy atom. The smallest absolute Gasteiger partial charge is 0.259 e. The number of hydrogen-bond acceptors (Lipinski definition) is 5. The van der Waals surface area contributed by atoms with Crippen molar-refractivity contribution in [3.05, 3.63) is 28.5 Å². The third kappa shape index (κ3) is 2.48. The van der Waals surface area contributed by atoms with Gasteiger partial charge in [0.05, 0.1) is 12.7 Å². The van der Waals surface area contributed by atoms with Crippen LogP contribution in [0, 0.1) is 0 Å². The Labute approximate surface area is 107 Å². The van der Waals surface area contributed by atoms with Crippen LogP contribution in [0.1, 0.15) is 18.9 Å². The first-order chi connectivity index (χ1) is 8.11. The van der Waals surface area contributed by atoms with Gasteiger partial charge in [-0.2, -0.15) is 4.98 Å². The van der Waals surface area contributed by atoms with Crippen molar-refractivity contribution in [2.45, 2.75) is 13.0 Å². The highest BCUT2D eigenvalue weighted by molar-refractivity contribution is 9.10. The first-order valence-corrected chi connectivity index (χ1v) is 5.76. The molecule has 2 rings (SSSR count). The van der Waals surface area contributed by atoms with E-state index in [4.69, 9.17) is 9.26 Å². The van der Waals surface area contributed by atoms with Crippen molar-refractivity contribution in [1.82, 2.24) is 10.1 Å². The van der Waals surface area contributed by atoms with Crippen LogP contribution in [0.4, 0.5) is 0 Å². The van der Waals surface area contributed by atoms with E-state index in [1.54, 1.807) is 20.1 Å². The number of ether oxygens (including phenoxy) is 1. The number of halogens is 1. The fourth-order valence-corrected chi connectivity index (χ4v) is 1.73. The summed E-state index contributed by atoms with van der Waals surface area (Å²) in [6, 6.07) is 5.43. The molecule has 0 saturated heterocycles. The van der Waals surface area contributed by atoms with Crippen LogP contribution in [0.15, 0.2) is 27.2 Å².